The molecular formula is C35H47N5O5. The van der Waals surface area contributed by atoms with Gasteiger partial charge in [0.2, 0.25) is 5.91 Å². The van der Waals surface area contributed by atoms with E-state index in [0.29, 0.717) is 62.9 Å². The van der Waals surface area contributed by atoms with Gasteiger partial charge in [0, 0.05) is 70.2 Å². The van der Waals surface area contributed by atoms with E-state index in [1.54, 1.807) is 36.8 Å². The van der Waals surface area contributed by atoms with Crippen molar-refractivity contribution in [2.24, 2.45) is 18.4 Å². The van der Waals surface area contributed by atoms with Crippen LogP contribution in [-0.2, 0) is 23.2 Å². The van der Waals surface area contributed by atoms with Crippen LogP contribution in [0.4, 0.5) is 0 Å². The highest BCUT2D eigenvalue weighted by Gasteiger charge is 2.34. The topological polar surface area (TPSA) is 108 Å². The maximum Gasteiger partial charge on any atom is 0.264 e. The maximum atomic E-state index is 13.6. The lowest BCUT2D eigenvalue weighted by molar-refractivity contribution is -0.141. The Bertz CT molecular complexity index is 1550. The van der Waals surface area contributed by atoms with Gasteiger partial charge in [0.15, 0.2) is 0 Å². The molecule has 0 aliphatic carbocycles. The molecule has 2 saturated heterocycles. The molecule has 2 aromatic rings. The molecule has 45 heavy (non-hydrogen) atoms. The third-order valence-corrected chi connectivity index (χ3v) is 8.90. The Morgan fingerprint density at radius 3 is 2.18 bits per heavy atom. The van der Waals surface area contributed by atoms with Gasteiger partial charge in [-0.25, -0.2) is 0 Å². The fraction of sp³-hybridized carbons (Fsp3) is 0.543. The smallest absolute Gasteiger partial charge is 0.264 e. The molecule has 2 fully saturated rings. The van der Waals surface area contributed by atoms with Gasteiger partial charge in [-0.15, -0.1) is 0 Å². The van der Waals surface area contributed by atoms with Crippen LogP contribution in [0.2, 0.25) is 0 Å². The predicted octanol–water partition coefficient (Wildman–Crippen LogP) is 4.07. The molecule has 4 rings (SSSR count). The van der Waals surface area contributed by atoms with Crippen LogP contribution in [0.1, 0.15) is 50.3 Å². The van der Waals surface area contributed by atoms with Gasteiger partial charge in [-0.3, -0.25) is 19.3 Å². The maximum absolute atomic E-state index is 13.6. The molecule has 1 atom stereocenters. The molecule has 10 heteroatoms. The van der Waals surface area contributed by atoms with E-state index in [4.69, 9.17) is 9.47 Å². The lowest BCUT2D eigenvalue weighted by Gasteiger charge is -2.39. The number of nitriles is 1. The number of benzene rings is 1. The first-order chi connectivity index (χ1) is 21.3. The fourth-order valence-corrected chi connectivity index (χ4v) is 6.28. The number of allylic oxidation sites excluding steroid dienone is 1. The van der Waals surface area contributed by atoms with Crippen molar-refractivity contribution in [3.8, 4) is 28.7 Å². The Balaban J connectivity index is 1.43. The number of pyridine rings is 1. The lowest BCUT2D eigenvalue weighted by Crippen LogP contribution is -2.52. The Labute approximate surface area is 266 Å². The first kappa shape index (κ1) is 33.8. The minimum absolute atomic E-state index is 0.0138. The zero-order chi connectivity index (χ0) is 33.1. The molecule has 1 unspecified atom stereocenters. The van der Waals surface area contributed by atoms with Crippen molar-refractivity contribution in [1.29, 1.82) is 5.26 Å². The number of rotatable bonds is 7. The van der Waals surface area contributed by atoms with Crippen molar-refractivity contribution in [3.63, 3.8) is 0 Å². The normalized spacial score (nSPS) is 18.0. The summed E-state index contributed by atoms with van der Waals surface area (Å²) in [5.41, 5.74) is 4.26. The summed E-state index contributed by atoms with van der Waals surface area (Å²) in [4.78, 5) is 45.0. The molecule has 1 aromatic carbocycles. The molecule has 3 heterocycles. The van der Waals surface area contributed by atoms with Crippen molar-refractivity contribution in [2.75, 3.05) is 53.5 Å². The number of piperidine rings is 1. The van der Waals surface area contributed by atoms with Crippen molar-refractivity contribution in [3.05, 3.63) is 57.0 Å². The second kappa shape index (κ2) is 13.9. The molecule has 0 spiro atoms. The number of methoxy groups -OCH3 is 2. The summed E-state index contributed by atoms with van der Waals surface area (Å²) >= 11 is 0. The summed E-state index contributed by atoms with van der Waals surface area (Å²) in [6.07, 6.45) is 5.04. The van der Waals surface area contributed by atoms with Crippen LogP contribution in [0.3, 0.4) is 0 Å². The van der Waals surface area contributed by atoms with Crippen LogP contribution < -0.4 is 15.0 Å². The number of aromatic nitrogens is 1. The Morgan fingerprint density at radius 2 is 1.62 bits per heavy atom. The molecule has 242 valence electrons. The van der Waals surface area contributed by atoms with Gasteiger partial charge >= 0.3 is 0 Å². The van der Waals surface area contributed by atoms with Crippen molar-refractivity contribution >= 4 is 11.8 Å². The summed E-state index contributed by atoms with van der Waals surface area (Å²) in [6, 6.07) is 6.05. The Morgan fingerprint density at radius 1 is 1.00 bits per heavy atom. The van der Waals surface area contributed by atoms with E-state index in [1.165, 1.54) is 0 Å². The highest BCUT2D eigenvalue weighted by Crippen LogP contribution is 2.37. The van der Waals surface area contributed by atoms with Crippen LogP contribution in [0.5, 0.6) is 11.5 Å². The minimum Gasteiger partial charge on any atom is -0.496 e. The van der Waals surface area contributed by atoms with E-state index in [0.717, 1.165) is 35.1 Å². The number of hydrogen-bond acceptors (Lipinski definition) is 7. The van der Waals surface area contributed by atoms with E-state index >= 15 is 0 Å². The standard InChI is InChI=1S/C35H47N5O5/c1-23-24(2)32(41)37(6)21-28(23)26-16-30(44-7)29(31(17-26)45-8)22-38-12-14-39(15-13-38)33(42)25-10-9-11-40(20-25)34(43)27(19-36)18-35(3,4)5/h16-18,21,25H,9-15,20,22H2,1-8H3/b27-18+. The largest absolute Gasteiger partial charge is 0.496 e. The quantitative estimate of drug-likeness (QED) is 0.341. The van der Waals surface area contributed by atoms with E-state index in [2.05, 4.69) is 11.0 Å². The van der Waals surface area contributed by atoms with Crippen LogP contribution >= 0.6 is 0 Å². The highest BCUT2D eigenvalue weighted by molar-refractivity contribution is 5.97. The zero-order valence-electron chi connectivity index (χ0n) is 28.0. The third-order valence-electron chi connectivity index (χ3n) is 8.90. The lowest BCUT2D eigenvalue weighted by atomic mass is 9.92. The predicted molar refractivity (Wildman–Crippen MR) is 174 cm³/mol. The second-order valence-electron chi connectivity index (χ2n) is 13.3. The molecule has 0 N–H and O–H groups in total. The summed E-state index contributed by atoms with van der Waals surface area (Å²) in [6.45, 7) is 13.7. The van der Waals surface area contributed by atoms with Crippen molar-refractivity contribution < 1.29 is 19.1 Å². The van der Waals surface area contributed by atoms with Crippen LogP contribution in [0.25, 0.3) is 11.1 Å². The highest BCUT2D eigenvalue weighted by atomic mass is 16.5. The summed E-state index contributed by atoms with van der Waals surface area (Å²) in [5.74, 6) is 0.940. The van der Waals surface area contributed by atoms with Gasteiger partial charge < -0.3 is 23.8 Å². The summed E-state index contributed by atoms with van der Waals surface area (Å²) in [7, 11) is 5.05. The van der Waals surface area contributed by atoms with Gasteiger partial charge in [-0.2, -0.15) is 5.26 Å². The van der Waals surface area contributed by atoms with Gasteiger partial charge in [-0.1, -0.05) is 26.8 Å². The fourth-order valence-electron chi connectivity index (χ4n) is 6.28. The Hall–Kier alpha value is -4.10. The monoisotopic (exact) mass is 617 g/mol. The molecule has 0 bridgehead atoms. The molecule has 2 aliphatic rings. The van der Waals surface area contributed by atoms with Gasteiger partial charge in [0.1, 0.15) is 23.1 Å². The molecular weight excluding hydrogens is 570 g/mol. The van der Waals surface area contributed by atoms with Gasteiger partial charge in [0.05, 0.1) is 25.7 Å². The van der Waals surface area contributed by atoms with E-state index in [-0.39, 0.29) is 34.3 Å². The number of piperazine rings is 1. The molecule has 1 aromatic heterocycles. The van der Waals surface area contributed by atoms with Crippen LogP contribution in [0.15, 0.2) is 34.8 Å². The van der Waals surface area contributed by atoms with Crippen molar-refractivity contribution in [1.82, 2.24) is 19.3 Å². The third kappa shape index (κ3) is 7.59. The SMILES string of the molecule is COc1cc(-c2cn(C)c(=O)c(C)c2C)cc(OC)c1CN1CCN(C(=O)C2CCCN(C(=O)/C(C#N)=C/C(C)(C)C)C2)CC1. The second-order valence-corrected chi connectivity index (χ2v) is 13.3. The summed E-state index contributed by atoms with van der Waals surface area (Å²) in [5, 5.41) is 9.60. The van der Waals surface area contributed by atoms with E-state index in [1.807, 2.05) is 57.8 Å². The molecule has 10 nitrogen and oxygen atoms in total. The molecule has 0 saturated carbocycles. The van der Waals surface area contributed by atoms with E-state index < -0.39 is 0 Å². The average molecular weight is 618 g/mol. The number of carbonyl (C=O) groups excluding carboxylic acids is 2. The number of nitrogens with zero attached hydrogens (tertiary/aromatic N) is 5. The number of hydrogen-bond donors (Lipinski definition) is 0. The first-order valence-corrected chi connectivity index (χ1v) is 15.6. The molecule has 2 amide bonds. The first-order valence-electron chi connectivity index (χ1n) is 15.6. The summed E-state index contributed by atoms with van der Waals surface area (Å²) < 4.78 is 13.3. The number of aryl methyl sites for hydroxylation is 1. The number of ether oxygens (including phenoxy) is 2. The number of carbonyl (C=O) groups is 2. The molecule has 2 aliphatic heterocycles. The zero-order valence-corrected chi connectivity index (χ0v) is 28.0. The van der Waals surface area contributed by atoms with Gasteiger partial charge in [0.25, 0.3) is 11.5 Å². The average Bonchev–Trinajstić information content (AvgIpc) is 3.03. The Kier molecular flexibility index (Phi) is 10.4. The van der Waals surface area contributed by atoms with Crippen LogP contribution in [0, 0.1) is 36.5 Å². The van der Waals surface area contributed by atoms with Gasteiger partial charge in [-0.05, 0) is 55.4 Å². The molecule has 0 radical (unpaired) electrons. The van der Waals surface area contributed by atoms with Crippen LogP contribution in [-0.4, -0.2) is 84.6 Å². The number of amides is 2. The van der Waals surface area contributed by atoms with Crippen molar-refractivity contribution in [2.45, 2.75) is 54.0 Å². The minimum atomic E-state index is -0.289. The number of likely N-dealkylation sites (tertiary alicyclic amines) is 1. The van der Waals surface area contributed by atoms with E-state index in [9.17, 15) is 19.6 Å².